The smallest absolute Gasteiger partial charge is 0.352 e. The Hall–Kier alpha value is -2.25. The number of imide groups is 1. The molecule has 0 aromatic heterocycles. The molecule has 8 heteroatoms. The Morgan fingerprint density at radius 3 is 2.45 bits per heavy atom. The summed E-state index contributed by atoms with van der Waals surface area (Å²) in [4.78, 5) is 46.0. The summed E-state index contributed by atoms with van der Waals surface area (Å²) in [5.74, 6) is -3.83. The molecule has 0 spiro atoms. The van der Waals surface area contributed by atoms with Crippen molar-refractivity contribution < 1.29 is 24.3 Å². The van der Waals surface area contributed by atoms with Gasteiger partial charge in [0.05, 0.1) is 5.54 Å². The van der Waals surface area contributed by atoms with Crippen molar-refractivity contribution in [3.63, 3.8) is 0 Å². The number of Topliss-reactive ketones (excluding diaryl/α,β-unsaturated/α-hetero) is 1. The predicted octanol–water partition coefficient (Wildman–Crippen LogP) is -0.858. The fourth-order valence-electron chi connectivity index (χ4n) is 2.71. The molecular weight excluding hydrogens is 266 g/mol. The summed E-state index contributed by atoms with van der Waals surface area (Å²) in [6, 6.07) is -0.997. The largest absolute Gasteiger partial charge is 0.477 e. The van der Waals surface area contributed by atoms with E-state index in [4.69, 9.17) is 5.11 Å². The number of hydrogen-bond donors (Lipinski definition) is 2. The molecule has 0 aliphatic carbocycles. The van der Waals surface area contributed by atoms with Crippen molar-refractivity contribution in [2.45, 2.75) is 38.8 Å². The highest BCUT2D eigenvalue weighted by molar-refractivity contribution is 6.43. The van der Waals surface area contributed by atoms with Crippen LogP contribution < -0.4 is 5.32 Å². The van der Waals surface area contributed by atoms with Crippen LogP contribution in [0, 0.1) is 5.92 Å². The van der Waals surface area contributed by atoms with E-state index in [1.54, 1.807) is 13.8 Å². The Kier molecular flexibility index (Phi) is 3.11. The Labute approximate surface area is 114 Å². The second-order valence-electron chi connectivity index (χ2n) is 5.60. The van der Waals surface area contributed by atoms with Gasteiger partial charge in [-0.2, -0.15) is 5.10 Å². The third kappa shape index (κ3) is 2.06. The fourth-order valence-corrected chi connectivity index (χ4v) is 2.71. The van der Waals surface area contributed by atoms with Crippen LogP contribution in [0.15, 0.2) is 5.10 Å². The van der Waals surface area contributed by atoms with Gasteiger partial charge in [-0.1, -0.05) is 0 Å². The highest BCUT2D eigenvalue weighted by Crippen LogP contribution is 2.34. The van der Waals surface area contributed by atoms with Crippen LogP contribution in [0.4, 0.5) is 0 Å². The van der Waals surface area contributed by atoms with E-state index in [0.29, 0.717) is 0 Å². The Balaban J connectivity index is 2.43. The number of nitrogens with zero attached hydrogens (tertiary/aromatic N) is 2. The molecule has 2 unspecified atom stereocenters. The Morgan fingerprint density at radius 2 is 1.95 bits per heavy atom. The van der Waals surface area contributed by atoms with E-state index in [1.807, 2.05) is 0 Å². The van der Waals surface area contributed by atoms with E-state index >= 15 is 0 Å². The molecule has 2 atom stereocenters. The number of aliphatic carboxylic acids is 1. The van der Waals surface area contributed by atoms with Crippen molar-refractivity contribution in [2.75, 3.05) is 0 Å². The summed E-state index contributed by atoms with van der Waals surface area (Å²) in [5, 5.41) is 16.4. The van der Waals surface area contributed by atoms with Crippen LogP contribution in [0.2, 0.25) is 0 Å². The standard InChI is InChI=1S/C12H15N3O5/c1-5(16)4-12(2,3)15-8-6(7(14-15)11(19)20)9(17)13-10(8)18/h6,8H,4H2,1-3H3,(H,19,20)(H,13,17,18). The minimum absolute atomic E-state index is 0.0914. The van der Waals surface area contributed by atoms with Crippen LogP contribution in [-0.4, -0.2) is 51.0 Å². The third-order valence-electron chi connectivity index (χ3n) is 3.41. The van der Waals surface area contributed by atoms with E-state index in [-0.39, 0.29) is 17.9 Å². The zero-order chi connectivity index (χ0) is 15.2. The van der Waals surface area contributed by atoms with Gasteiger partial charge in [0, 0.05) is 6.42 Å². The molecular formula is C12H15N3O5. The maximum absolute atomic E-state index is 11.9. The second-order valence-corrected chi connectivity index (χ2v) is 5.60. The number of carbonyl (C=O) groups excluding carboxylic acids is 3. The number of carbonyl (C=O) groups is 4. The van der Waals surface area contributed by atoms with Crippen LogP contribution in [0.3, 0.4) is 0 Å². The topological polar surface area (TPSA) is 116 Å². The molecule has 1 fully saturated rings. The Morgan fingerprint density at radius 1 is 1.35 bits per heavy atom. The SMILES string of the molecule is CC(=O)CC(C)(C)N1N=C(C(=O)O)C2C(=O)NC(=O)C21. The average molecular weight is 281 g/mol. The van der Waals surface area contributed by atoms with E-state index in [1.165, 1.54) is 11.9 Å². The van der Waals surface area contributed by atoms with Gasteiger partial charge in [0.2, 0.25) is 5.91 Å². The van der Waals surface area contributed by atoms with Crippen LogP contribution in [-0.2, 0) is 19.2 Å². The number of nitrogens with one attached hydrogen (secondary N) is 1. The molecule has 2 rings (SSSR count). The Bertz CT molecular complexity index is 551. The molecule has 108 valence electrons. The maximum atomic E-state index is 11.9. The van der Waals surface area contributed by atoms with Crippen molar-refractivity contribution in [1.29, 1.82) is 0 Å². The minimum Gasteiger partial charge on any atom is -0.477 e. The quantitative estimate of drug-likeness (QED) is 0.648. The molecule has 0 aromatic rings. The number of hydrogen-bond acceptors (Lipinski definition) is 6. The first-order valence-electron chi connectivity index (χ1n) is 6.10. The maximum Gasteiger partial charge on any atom is 0.352 e. The van der Waals surface area contributed by atoms with E-state index in [0.717, 1.165) is 0 Å². The first-order valence-corrected chi connectivity index (χ1v) is 6.10. The highest BCUT2D eigenvalue weighted by Gasteiger charge is 2.57. The van der Waals surface area contributed by atoms with Crippen molar-refractivity contribution in [3.05, 3.63) is 0 Å². The van der Waals surface area contributed by atoms with Gasteiger partial charge in [0.1, 0.15) is 17.7 Å². The van der Waals surface area contributed by atoms with Crippen molar-refractivity contribution >= 4 is 29.3 Å². The molecule has 8 nitrogen and oxygen atoms in total. The summed E-state index contributed by atoms with van der Waals surface area (Å²) >= 11 is 0. The summed E-state index contributed by atoms with van der Waals surface area (Å²) in [6.45, 7) is 4.75. The van der Waals surface area contributed by atoms with Crippen molar-refractivity contribution in [3.8, 4) is 0 Å². The zero-order valence-electron chi connectivity index (χ0n) is 11.3. The molecule has 0 aromatic carbocycles. The monoisotopic (exact) mass is 281 g/mol. The molecule has 2 N–H and O–H groups in total. The normalized spacial score (nSPS) is 25.4. The van der Waals surface area contributed by atoms with Gasteiger partial charge in [-0.05, 0) is 20.8 Å². The van der Waals surface area contributed by atoms with Gasteiger partial charge >= 0.3 is 5.97 Å². The lowest BCUT2D eigenvalue weighted by Gasteiger charge is -2.36. The minimum atomic E-state index is -1.34. The van der Waals surface area contributed by atoms with E-state index in [9.17, 15) is 19.2 Å². The van der Waals surface area contributed by atoms with E-state index < -0.39 is 35.3 Å². The van der Waals surface area contributed by atoms with Crippen LogP contribution in [0.25, 0.3) is 0 Å². The van der Waals surface area contributed by atoms with Gasteiger partial charge in [-0.25, -0.2) is 4.79 Å². The summed E-state index contributed by atoms with van der Waals surface area (Å²) in [7, 11) is 0. The molecule has 2 aliphatic rings. The molecule has 1 saturated heterocycles. The van der Waals surface area contributed by atoms with Gasteiger partial charge < -0.3 is 5.11 Å². The summed E-state index contributed by atoms with van der Waals surface area (Å²) < 4.78 is 0. The van der Waals surface area contributed by atoms with E-state index in [2.05, 4.69) is 10.4 Å². The van der Waals surface area contributed by atoms with Gasteiger partial charge in [-0.3, -0.25) is 24.7 Å². The molecule has 0 bridgehead atoms. The van der Waals surface area contributed by atoms with Crippen molar-refractivity contribution in [1.82, 2.24) is 10.3 Å². The first kappa shape index (κ1) is 14.2. The second kappa shape index (κ2) is 4.39. The van der Waals surface area contributed by atoms with Crippen LogP contribution >= 0.6 is 0 Å². The number of fused-ring (bicyclic) bond motifs is 1. The number of ketones is 1. The van der Waals surface area contributed by atoms with Gasteiger partial charge in [0.25, 0.3) is 5.91 Å². The van der Waals surface area contributed by atoms with Crippen LogP contribution in [0.5, 0.6) is 0 Å². The lowest BCUT2D eigenvalue weighted by atomic mass is 9.92. The number of carboxylic acid groups (broad SMARTS) is 1. The lowest BCUT2D eigenvalue weighted by molar-refractivity contribution is -0.131. The van der Waals surface area contributed by atoms with Crippen molar-refractivity contribution in [2.24, 2.45) is 11.0 Å². The number of rotatable bonds is 4. The number of amides is 2. The van der Waals surface area contributed by atoms with Gasteiger partial charge in [-0.15, -0.1) is 0 Å². The first-order chi connectivity index (χ1) is 9.15. The zero-order valence-corrected chi connectivity index (χ0v) is 11.3. The number of carboxylic acids is 1. The fraction of sp³-hybridized carbons (Fsp3) is 0.583. The summed E-state index contributed by atoms with van der Waals surface area (Å²) in [6.07, 6.45) is 0.0914. The van der Waals surface area contributed by atoms with Gasteiger partial charge in [0.15, 0.2) is 5.71 Å². The molecule has 2 aliphatic heterocycles. The average Bonchev–Trinajstić information content (AvgIpc) is 2.77. The molecule has 2 amide bonds. The molecule has 20 heavy (non-hydrogen) atoms. The third-order valence-corrected chi connectivity index (χ3v) is 3.41. The summed E-state index contributed by atoms with van der Waals surface area (Å²) in [5.41, 5.74) is -1.22. The lowest BCUT2D eigenvalue weighted by Crippen LogP contribution is -2.50. The molecule has 0 radical (unpaired) electrons. The molecule has 2 heterocycles. The van der Waals surface area contributed by atoms with Crippen LogP contribution in [0.1, 0.15) is 27.2 Å². The molecule has 0 saturated carbocycles. The highest BCUT2D eigenvalue weighted by atomic mass is 16.4. The number of hydrazone groups is 1. The predicted molar refractivity (Wildman–Crippen MR) is 66.7 cm³/mol.